The van der Waals surface area contributed by atoms with Crippen LogP contribution in [0, 0.1) is 0 Å². The van der Waals surface area contributed by atoms with Gasteiger partial charge in [0.1, 0.15) is 6.33 Å². The minimum Gasteiger partial charge on any atom is -0.351 e. The van der Waals surface area contributed by atoms with E-state index < -0.39 is 0 Å². The van der Waals surface area contributed by atoms with Crippen LogP contribution in [0.3, 0.4) is 0 Å². The summed E-state index contributed by atoms with van der Waals surface area (Å²) in [6.07, 6.45) is 3.65. The molecule has 3 rings (SSSR count). The molecule has 114 valence electrons. The lowest BCUT2D eigenvalue weighted by molar-refractivity contribution is 0.0956. The van der Waals surface area contributed by atoms with Gasteiger partial charge < -0.3 is 14.5 Å². The van der Waals surface area contributed by atoms with E-state index in [2.05, 4.69) is 15.5 Å². The number of hydrogen-bond acceptors (Lipinski definition) is 4. The van der Waals surface area contributed by atoms with Gasteiger partial charge in [-0.2, -0.15) is 0 Å². The molecule has 0 radical (unpaired) electrons. The Hall–Kier alpha value is -2.28. The van der Waals surface area contributed by atoms with Crippen molar-refractivity contribution >= 4 is 28.6 Å². The number of rotatable bonds is 5. The van der Waals surface area contributed by atoms with Crippen molar-refractivity contribution in [2.45, 2.75) is 5.16 Å². The number of amides is 1. The van der Waals surface area contributed by atoms with Gasteiger partial charge >= 0.3 is 0 Å². The maximum absolute atomic E-state index is 12.2. The first kappa shape index (κ1) is 14.6. The second-order valence-corrected chi connectivity index (χ2v) is 6.09. The number of aromatic nitrogens is 4. The Morgan fingerprint density at radius 3 is 2.91 bits per heavy atom. The lowest BCUT2D eigenvalue weighted by Gasteiger charge is -2.06. The summed E-state index contributed by atoms with van der Waals surface area (Å²) in [6, 6.07) is 7.78. The van der Waals surface area contributed by atoms with Crippen LogP contribution in [0.1, 0.15) is 10.4 Å². The van der Waals surface area contributed by atoms with E-state index in [1.54, 1.807) is 18.1 Å². The average molecular weight is 315 g/mol. The summed E-state index contributed by atoms with van der Waals surface area (Å²) in [7, 11) is 3.87. The molecule has 0 saturated heterocycles. The molecule has 2 heterocycles. The lowest BCUT2D eigenvalue weighted by atomic mass is 10.1. The van der Waals surface area contributed by atoms with E-state index >= 15 is 0 Å². The largest absolute Gasteiger partial charge is 0.351 e. The van der Waals surface area contributed by atoms with Crippen molar-refractivity contribution in [1.82, 2.24) is 24.6 Å². The Morgan fingerprint density at radius 1 is 1.27 bits per heavy atom. The summed E-state index contributed by atoms with van der Waals surface area (Å²) < 4.78 is 3.87. The van der Waals surface area contributed by atoms with Crippen LogP contribution >= 0.6 is 11.8 Å². The van der Waals surface area contributed by atoms with Gasteiger partial charge in [0, 0.05) is 43.7 Å². The minimum atomic E-state index is -0.0540. The number of benzene rings is 1. The molecule has 3 aromatic rings. The Bertz CT molecular complexity index is 807. The summed E-state index contributed by atoms with van der Waals surface area (Å²) in [5, 5.41) is 12.7. The molecule has 1 amide bonds. The third-order valence-corrected chi connectivity index (χ3v) is 4.48. The second kappa shape index (κ2) is 6.23. The van der Waals surface area contributed by atoms with E-state index in [4.69, 9.17) is 0 Å². The van der Waals surface area contributed by atoms with E-state index in [1.807, 2.05) is 53.7 Å². The van der Waals surface area contributed by atoms with Gasteiger partial charge in [-0.25, -0.2) is 0 Å². The van der Waals surface area contributed by atoms with Crippen molar-refractivity contribution in [3.63, 3.8) is 0 Å². The molecule has 1 N–H and O–H groups in total. The van der Waals surface area contributed by atoms with Gasteiger partial charge in [-0.1, -0.05) is 17.8 Å². The summed E-state index contributed by atoms with van der Waals surface area (Å²) >= 11 is 1.57. The van der Waals surface area contributed by atoms with E-state index in [-0.39, 0.29) is 5.91 Å². The van der Waals surface area contributed by atoms with E-state index in [9.17, 15) is 4.79 Å². The summed E-state index contributed by atoms with van der Waals surface area (Å²) in [4.78, 5) is 12.2. The first-order chi connectivity index (χ1) is 10.6. The molecule has 0 bridgehead atoms. The zero-order valence-corrected chi connectivity index (χ0v) is 13.3. The fourth-order valence-corrected chi connectivity index (χ4v) is 2.96. The first-order valence-corrected chi connectivity index (χ1v) is 7.94. The number of nitrogens with one attached hydrogen (secondary N) is 1. The lowest BCUT2D eigenvalue weighted by Crippen LogP contribution is -2.25. The molecule has 0 fully saturated rings. The number of hydrogen-bond donors (Lipinski definition) is 1. The molecule has 6 nitrogen and oxygen atoms in total. The monoisotopic (exact) mass is 315 g/mol. The maximum atomic E-state index is 12.2. The molecule has 0 unspecified atom stereocenters. The predicted octanol–water partition coefficient (Wildman–Crippen LogP) is 1.83. The molecule has 0 saturated carbocycles. The zero-order chi connectivity index (χ0) is 15.5. The molecular formula is C15H17N5OS. The molecule has 0 atom stereocenters. The molecule has 2 aromatic heterocycles. The van der Waals surface area contributed by atoms with Crippen LogP contribution in [0.15, 0.2) is 41.9 Å². The predicted molar refractivity (Wildman–Crippen MR) is 87.0 cm³/mol. The number of aryl methyl sites for hydroxylation is 2. The van der Waals surface area contributed by atoms with Gasteiger partial charge in [0.05, 0.1) is 0 Å². The van der Waals surface area contributed by atoms with Gasteiger partial charge in [0.25, 0.3) is 5.91 Å². The summed E-state index contributed by atoms with van der Waals surface area (Å²) in [5.74, 6) is 0.701. The van der Waals surface area contributed by atoms with Crippen molar-refractivity contribution in [3.8, 4) is 0 Å². The third-order valence-electron chi connectivity index (χ3n) is 3.44. The van der Waals surface area contributed by atoms with Gasteiger partial charge in [-0.3, -0.25) is 4.79 Å². The van der Waals surface area contributed by atoms with Crippen molar-refractivity contribution in [2.24, 2.45) is 14.1 Å². The first-order valence-electron chi connectivity index (χ1n) is 6.95. The fraction of sp³-hybridized carbons (Fsp3) is 0.267. The van der Waals surface area contributed by atoms with Crippen LogP contribution in [0.2, 0.25) is 0 Å². The highest BCUT2D eigenvalue weighted by Gasteiger charge is 2.08. The number of nitrogens with zero attached hydrogens (tertiary/aromatic N) is 4. The summed E-state index contributed by atoms with van der Waals surface area (Å²) in [6.45, 7) is 0.585. The molecule has 7 heteroatoms. The minimum absolute atomic E-state index is 0.0540. The highest BCUT2D eigenvalue weighted by molar-refractivity contribution is 7.99. The molecule has 0 aliphatic carbocycles. The number of fused-ring (bicyclic) bond motifs is 1. The molecule has 0 aliphatic rings. The van der Waals surface area contributed by atoms with Crippen molar-refractivity contribution in [2.75, 3.05) is 12.3 Å². The van der Waals surface area contributed by atoms with E-state index in [0.29, 0.717) is 12.1 Å². The van der Waals surface area contributed by atoms with Gasteiger partial charge in [-0.05, 0) is 23.6 Å². The van der Waals surface area contributed by atoms with Crippen molar-refractivity contribution in [3.05, 3.63) is 42.4 Å². The van der Waals surface area contributed by atoms with Crippen LogP contribution in [-0.4, -0.2) is 37.5 Å². The fourth-order valence-electron chi connectivity index (χ4n) is 2.22. The Morgan fingerprint density at radius 2 is 2.14 bits per heavy atom. The van der Waals surface area contributed by atoms with Gasteiger partial charge in [-0.15, -0.1) is 10.2 Å². The number of thioether (sulfide) groups is 1. The normalized spacial score (nSPS) is 11.0. The zero-order valence-electron chi connectivity index (χ0n) is 12.5. The quantitative estimate of drug-likeness (QED) is 0.576. The van der Waals surface area contributed by atoms with Crippen molar-refractivity contribution < 1.29 is 4.79 Å². The Balaban J connectivity index is 1.56. The van der Waals surface area contributed by atoms with Gasteiger partial charge in [0.15, 0.2) is 5.16 Å². The summed E-state index contributed by atoms with van der Waals surface area (Å²) in [5.41, 5.74) is 1.74. The van der Waals surface area contributed by atoms with E-state index in [1.165, 1.54) is 0 Å². The van der Waals surface area contributed by atoms with Crippen LogP contribution < -0.4 is 5.32 Å². The highest BCUT2D eigenvalue weighted by atomic mass is 32.2. The third kappa shape index (κ3) is 2.99. The molecule has 0 spiro atoms. The smallest absolute Gasteiger partial charge is 0.251 e. The van der Waals surface area contributed by atoms with Crippen LogP contribution in [0.25, 0.3) is 10.9 Å². The second-order valence-electron chi connectivity index (χ2n) is 5.03. The number of carbonyl (C=O) groups excluding carboxylic acids is 1. The van der Waals surface area contributed by atoms with Crippen LogP contribution in [0.4, 0.5) is 0 Å². The average Bonchev–Trinajstić information content (AvgIpc) is 3.10. The Labute approximate surface area is 132 Å². The topological polar surface area (TPSA) is 64.7 Å². The van der Waals surface area contributed by atoms with Crippen LogP contribution in [-0.2, 0) is 14.1 Å². The highest BCUT2D eigenvalue weighted by Crippen LogP contribution is 2.17. The SMILES string of the molecule is Cn1cnnc1SCCNC(=O)c1ccc2ccn(C)c2c1. The molecule has 22 heavy (non-hydrogen) atoms. The van der Waals surface area contributed by atoms with Crippen molar-refractivity contribution in [1.29, 1.82) is 0 Å². The maximum Gasteiger partial charge on any atom is 0.251 e. The molecular weight excluding hydrogens is 298 g/mol. The van der Waals surface area contributed by atoms with E-state index in [0.717, 1.165) is 21.8 Å². The van der Waals surface area contributed by atoms with Gasteiger partial charge in [0.2, 0.25) is 0 Å². The molecule has 1 aromatic carbocycles. The standard InChI is InChI=1S/C15H17N5OS/c1-19-7-5-11-3-4-12(9-13(11)19)14(21)16-6-8-22-15-18-17-10-20(15)2/h3-5,7,9-10H,6,8H2,1-2H3,(H,16,21). The van der Waals surface area contributed by atoms with Crippen LogP contribution in [0.5, 0.6) is 0 Å². The number of carbonyl (C=O) groups is 1. The molecule has 0 aliphatic heterocycles. The Kier molecular flexibility index (Phi) is 4.15.